The number of nitrogens with zero attached hydrogens (tertiary/aromatic N) is 1. The number of carbonyl (C=O) groups excluding carboxylic acids is 2. The van der Waals surface area contributed by atoms with E-state index in [1.165, 1.54) is 6.26 Å². The standard InChI is InChI=1S/C17H18N2O3/c20-16(19-9-1-2-10-19)12-13-5-7-14(8-6-13)18-17(21)15-4-3-11-22-15/h3-8,11H,1-2,9-10,12H2,(H,18,21). The SMILES string of the molecule is O=C(Nc1ccc(CC(=O)N2CCCC2)cc1)c1ccco1. The summed E-state index contributed by atoms with van der Waals surface area (Å²) < 4.78 is 5.04. The van der Waals surface area contributed by atoms with Gasteiger partial charge in [0.2, 0.25) is 5.91 Å². The molecule has 1 N–H and O–H groups in total. The van der Waals surface area contributed by atoms with Crippen LogP contribution in [0.25, 0.3) is 0 Å². The van der Waals surface area contributed by atoms with Crippen LogP contribution in [0.15, 0.2) is 47.1 Å². The zero-order chi connectivity index (χ0) is 15.4. The second-order valence-corrected chi connectivity index (χ2v) is 5.39. The highest BCUT2D eigenvalue weighted by Crippen LogP contribution is 2.14. The lowest BCUT2D eigenvalue weighted by atomic mass is 10.1. The minimum absolute atomic E-state index is 0.171. The lowest BCUT2D eigenvalue weighted by Gasteiger charge is -2.15. The van der Waals surface area contributed by atoms with Gasteiger partial charge in [-0.15, -0.1) is 0 Å². The monoisotopic (exact) mass is 298 g/mol. The molecular weight excluding hydrogens is 280 g/mol. The molecule has 0 unspecified atom stereocenters. The van der Waals surface area contributed by atoms with Crippen LogP contribution in [-0.4, -0.2) is 29.8 Å². The molecule has 0 aliphatic carbocycles. The number of hydrogen-bond donors (Lipinski definition) is 1. The van der Waals surface area contributed by atoms with Crippen molar-refractivity contribution in [1.82, 2.24) is 4.90 Å². The van der Waals surface area contributed by atoms with E-state index in [9.17, 15) is 9.59 Å². The first-order chi connectivity index (χ1) is 10.7. The predicted octanol–water partition coefficient (Wildman–Crippen LogP) is 2.70. The van der Waals surface area contributed by atoms with Crippen LogP contribution in [0.5, 0.6) is 0 Å². The molecule has 1 aliphatic rings. The van der Waals surface area contributed by atoms with Crippen LogP contribution in [0.2, 0.25) is 0 Å². The van der Waals surface area contributed by atoms with E-state index in [-0.39, 0.29) is 17.6 Å². The van der Waals surface area contributed by atoms with Crippen LogP contribution in [0.4, 0.5) is 5.69 Å². The molecule has 1 saturated heterocycles. The number of likely N-dealkylation sites (tertiary alicyclic amines) is 1. The van der Waals surface area contributed by atoms with Gasteiger partial charge in [0.1, 0.15) is 0 Å². The molecule has 2 aromatic rings. The largest absolute Gasteiger partial charge is 0.459 e. The van der Waals surface area contributed by atoms with Crippen molar-refractivity contribution in [1.29, 1.82) is 0 Å². The maximum Gasteiger partial charge on any atom is 0.291 e. The number of amides is 2. The summed E-state index contributed by atoms with van der Waals surface area (Å²) in [6.45, 7) is 1.74. The Hall–Kier alpha value is -2.56. The summed E-state index contributed by atoms with van der Waals surface area (Å²) in [6.07, 6.45) is 4.07. The molecule has 0 atom stereocenters. The molecule has 0 bridgehead atoms. The third-order valence-electron chi connectivity index (χ3n) is 3.77. The van der Waals surface area contributed by atoms with Crippen LogP contribution in [0.3, 0.4) is 0 Å². The Labute approximate surface area is 128 Å². The lowest BCUT2D eigenvalue weighted by Crippen LogP contribution is -2.29. The normalized spacial score (nSPS) is 14.1. The van der Waals surface area contributed by atoms with Gasteiger partial charge in [-0.3, -0.25) is 9.59 Å². The fourth-order valence-corrected chi connectivity index (χ4v) is 2.56. The van der Waals surface area contributed by atoms with Crippen molar-refractivity contribution in [3.8, 4) is 0 Å². The molecule has 5 nitrogen and oxygen atoms in total. The minimum Gasteiger partial charge on any atom is -0.459 e. The summed E-state index contributed by atoms with van der Waals surface area (Å²) in [4.78, 5) is 25.8. The molecule has 114 valence electrons. The first kappa shape index (κ1) is 14.4. The number of hydrogen-bond acceptors (Lipinski definition) is 3. The average molecular weight is 298 g/mol. The van der Waals surface area contributed by atoms with Gasteiger partial charge in [-0.2, -0.15) is 0 Å². The van der Waals surface area contributed by atoms with E-state index >= 15 is 0 Å². The van der Waals surface area contributed by atoms with Gasteiger partial charge in [0.05, 0.1) is 12.7 Å². The van der Waals surface area contributed by atoms with E-state index in [4.69, 9.17) is 4.42 Å². The van der Waals surface area contributed by atoms with E-state index in [0.717, 1.165) is 31.5 Å². The van der Waals surface area contributed by atoms with E-state index < -0.39 is 0 Å². The Morgan fingerprint density at radius 2 is 1.82 bits per heavy atom. The van der Waals surface area contributed by atoms with Crippen molar-refractivity contribution in [3.05, 3.63) is 54.0 Å². The molecule has 2 amide bonds. The molecule has 3 rings (SSSR count). The number of carbonyl (C=O) groups is 2. The number of furan rings is 1. The smallest absolute Gasteiger partial charge is 0.291 e. The zero-order valence-electron chi connectivity index (χ0n) is 12.2. The lowest BCUT2D eigenvalue weighted by molar-refractivity contribution is -0.129. The van der Waals surface area contributed by atoms with Gasteiger partial charge in [-0.1, -0.05) is 12.1 Å². The molecular formula is C17H18N2O3. The van der Waals surface area contributed by atoms with Gasteiger partial charge >= 0.3 is 0 Å². The zero-order valence-corrected chi connectivity index (χ0v) is 12.2. The van der Waals surface area contributed by atoms with Crippen LogP contribution < -0.4 is 5.32 Å². The molecule has 22 heavy (non-hydrogen) atoms. The molecule has 1 fully saturated rings. The highest BCUT2D eigenvalue weighted by Gasteiger charge is 2.17. The molecule has 1 aliphatic heterocycles. The molecule has 0 saturated carbocycles. The van der Waals surface area contributed by atoms with Gasteiger partial charge in [0.15, 0.2) is 5.76 Å². The Balaban J connectivity index is 1.58. The molecule has 0 spiro atoms. The number of benzene rings is 1. The summed E-state index contributed by atoms with van der Waals surface area (Å²) in [5.41, 5.74) is 1.63. The summed E-state index contributed by atoms with van der Waals surface area (Å²) in [5.74, 6) is 0.157. The van der Waals surface area contributed by atoms with Crippen molar-refractivity contribution in [3.63, 3.8) is 0 Å². The first-order valence-corrected chi connectivity index (χ1v) is 7.44. The molecule has 2 heterocycles. The Kier molecular flexibility index (Phi) is 4.23. The second-order valence-electron chi connectivity index (χ2n) is 5.39. The highest BCUT2D eigenvalue weighted by molar-refractivity contribution is 6.02. The number of nitrogens with one attached hydrogen (secondary N) is 1. The van der Waals surface area contributed by atoms with E-state index in [1.807, 2.05) is 17.0 Å². The number of rotatable bonds is 4. The van der Waals surface area contributed by atoms with Crippen molar-refractivity contribution >= 4 is 17.5 Å². The van der Waals surface area contributed by atoms with Crippen LogP contribution in [-0.2, 0) is 11.2 Å². The van der Waals surface area contributed by atoms with E-state index in [1.54, 1.807) is 24.3 Å². The summed E-state index contributed by atoms with van der Waals surface area (Å²) >= 11 is 0. The quantitative estimate of drug-likeness (QED) is 0.944. The van der Waals surface area contributed by atoms with Gasteiger partial charge in [0.25, 0.3) is 5.91 Å². The van der Waals surface area contributed by atoms with Gasteiger partial charge in [0, 0.05) is 18.8 Å². The van der Waals surface area contributed by atoms with Crippen molar-refractivity contribution in [2.75, 3.05) is 18.4 Å². The van der Waals surface area contributed by atoms with E-state index in [0.29, 0.717) is 12.1 Å². The molecule has 1 aromatic heterocycles. The van der Waals surface area contributed by atoms with E-state index in [2.05, 4.69) is 5.32 Å². The molecule has 5 heteroatoms. The number of anilines is 1. The summed E-state index contributed by atoms with van der Waals surface area (Å²) in [7, 11) is 0. The summed E-state index contributed by atoms with van der Waals surface area (Å²) in [6, 6.07) is 10.6. The Morgan fingerprint density at radius 3 is 2.45 bits per heavy atom. The van der Waals surface area contributed by atoms with Gasteiger partial charge in [-0.25, -0.2) is 0 Å². The van der Waals surface area contributed by atoms with Crippen molar-refractivity contribution in [2.45, 2.75) is 19.3 Å². The Morgan fingerprint density at radius 1 is 1.09 bits per heavy atom. The van der Waals surface area contributed by atoms with Crippen LogP contribution >= 0.6 is 0 Å². The van der Waals surface area contributed by atoms with Crippen LogP contribution in [0.1, 0.15) is 29.0 Å². The van der Waals surface area contributed by atoms with Crippen molar-refractivity contribution < 1.29 is 14.0 Å². The fourth-order valence-electron chi connectivity index (χ4n) is 2.56. The fraction of sp³-hybridized carbons (Fsp3) is 0.294. The maximum absolute atomic E-state index is 12.1. The maximum atomic E-state index is 12.1. The average Bonchev–Trinajstić information content (AvgIpc) is 3.23. The molecule has 1 aromatic carbocycles. The summed E-state index contributed by atoms with van der Waals surface area (Å²) in [5, 5.41) is 2.75. The predicted molar refractivity (Wildman–Crippen MR) is 82.6 cm³/mol. The molecule has 0 radical (unpaired) electrons. The van der Waals surface area contributed by atoms with Crippen molar-refractivity contribution in [2.24, 2.45) is 0 Å². The minimum atomic E-state index is -0.286. The van der Waals surface area contributed by atoms with Gasteiger partial charge < -0.3 is 14.6 Å². The third-order valence-corrected chi connectivity index (χ3v) is 3.77. The third kappa shape index (κ3) is 3.36. The topological polar surface area (TPSA) is 62.6 Å². The van der Waals surface area contributed by atoms with Crippen LogP contribution in [0, 0.1) is 0 Å². The second kappa shape index (κ2) is 6.47. The van der Waals surface area contributed by atoms with Gasteiger partial charge in [-0.05, 0) is 42.7 Å². The highest BCUT2D eigenvalue weighted by atomic mass is 16.3. The Bertz CT molecular complexity index is 641. The first-order valence-electron chi connectivity index (χ1n) is 7.44.